The number of hydrogen-bond donors (Lipinski definition) is 2. The molecule has 0 aliphatic heterocycles. The minimum atomic E-state index is -0.271. The van der Waals surface area contributed by atoms with Gasteiger partial charge < -0.3 is 5.32 Å². The van der Waals surface area contributed by atoms with E-state index in [4.69, 9.17) is 0 Å². The fraction of sp³-hybridized carbons (Fsp3) is 0.250. The zero-order valence-electron chi connectivity index (χ0n) is 8.27. The van der Waals surface area contributed by atoms with E-state index in [-0.39, 0.29) is 11.9 Å². The first-order chi connectivity index (χ1) is 7.66. The average molecular weight is 302 g/mol. The van der Waals surface area contributed by atoms with Gasteiger partial charge in [-0.15, -0.1) is 21.5 Å². The van der Waals surface area contributed by atoms with Crippen LogP contribution in [0.4, 0.5) is 0 Å². The lowest BCUT2D eigenvalue weighted by molar-refractivity contribution is 0.0942. The number of rotatable bonds is 3. The third-order valence-electron chi connectivity index (χ3n) is 1.89. The third kappa shape index (κ3) is 2.45. The van der Waals surface area contributed by atoms with Crippen LogP contribution in [0, 0.1) is 0 Å². The van der Waals surface area contributed by atoms with Crippen molar-refractivity contribution in [1.82, 2.24) is 25.9 Å². The smallest absolute Gasteiger partial charge is 0.261 e. The number of tetrazole rings is 1. The molecule has 0 radical (unpaired) electrons. The number of aromatic nitrogens is 4. The van der Waals surface area contributed by atoms with Gasteiger partial charge in [0.1, 0.15) is 0 Å². The minimum Gasteiger partial charge on any atom is -0.341 e. The maximum absolute atomic E-state index is 11.8. The van der Waals surface area contributed by atoms with Crippen LogP contribution in [0.15, 0.2) is 15.9 Å². The molecule has 0 saturated carbocycles. The molecule has 0 aliphatic rings. The van der Waals surface area contributed by atoms with E-state index in [0.29, 0.717) is 10.7 Å². The molecule has 1 unspecified atom stereocenters. The molecule has 0 saturated heterocycles. The van der Waals surface area contributed by atoms with Crippen LogP contribution >= 0.6 is 27.3 Å². The first kappa shape index (κ1) is 11.2. The van der Waals surface area contributed by atoms with Crippen molar-refractivity contribution in [1.29, 1.82) is 0 Å². The number of nitrogens with zero attached hydrogens (tertiary/aromatic N) is 3. The fourth-order valence-electron chi connectivity index (χ4n) is 1.12. The summed E-state index contributed by atoms with van der Waals surface area (Å²) in [6.07, 6.45) is 0. The highest BCUT2D eigenvalue weighted by Gasteiger charge is 2.15. The number of nitrogens with one attached hydrogen (secondary N) is 2. The van der Waals surface area contributed by atoms with Crippen LogP contribution in [-0.2, 0) is 0 Å². The molecule has 16 heavy (non-hydrogen) atoms. The molecule has 2 aromatic rings. The molecule has 0 bridgehead atoms. The van der Waals surface area contributed by atoms with Crippen LogP contribution in [0.25, 0.3) is 0 Å². The van der Waals surface area contributed by atoms with Crippen molar-refractivity contribution >= 4 is 33.2 Å². The summed E-state index contributed by atoms with van der Waals surface area (Å²) in [6, 6.07) is 3.32. The van der Waals surface area contributed by atoms with Gasteiger partial charge in [-0.3, -0.25) is 4.79 Å². The number of carbonyl (C=O) groups excluding carboxylic acids is 1. The lowest BCUT2D eigenvalue weighted by Gasteiger charge is -2.08. The summed E-state index contributed by atoms with van der Waals surface area (Å²) in [5.74, 6) is 0.317. The molecule has 0 spiro atoms. The fourth-order valence-corrected chi connectivity index (χ4v) is 2.41. The molecule has 84 valence electrons. The summed E-state index contributed by atoms with van der Waals surface area (Å²) in [4.78, 5) is 12.4. The molecule has 1 amide bonds. The van der Waals surface area contributed by atoms with Gasteiger partial charge in [0.05, 0.1) is 14.7 Å². The predicted octanol–water partition coefficient (Wildman–Crippen LogP) is 1.51. The Labute approximate surface area is 104 Å². The normalized spacial score (nSPS) is 12.4. The van der Waals surface area contributed by atoms with Crippen LogP contribution in [0.2, 0.25) is 0 Å². The summed E-state index contributed by atoms with van der Waals surface area (Å²) in [6.45, 7) is 1.80. The standard InChI is InChI=1S/C8H8BrN5OS/c1-4(7-11-13-14-12-7)10-8(15)5-2-3-6(9)16-5/h2-4H,1H3,(H,10,15)(H,11,12,13,14). The van der Waals surface area contributed by atoms with Crippen molar-refractivity contribution in [2.45, 2.75) is 13.0 Å². The second-order valence-corrected chi connectivity index (χ2v) is 5.53. The van der Waals surface area contributed by atoms with Gasteiger partial charge in [-0.2, -0.15) is 5.21 Å². The quantitative estimate of drug-likeness (QED) is 0.900. The number of hydrogen-bond acceptors (Lipinski definition) is 5. The highest BCUT2D eigenvalue weighted by Crippen LogP contribution is 2.22. The molecule has 8 heteroatoms. The second kappa shape index (κ2) is 4.71. The van der Waals surface area contributed by atoms with E-state index in [2.05, 4.69) is 41.9 Å². The van der Waals surface area contributed by atoms with Crippen molar-refractivity contribution < 1.29 is 4.79 Å². The maximum Gasteiger partial charge on any atom is 0.261 e. The first-order valence-corrected chi connectivity index (χ1v) is 6.07. The Kier molecular flexibility index (Phi) is 3.30. The van der Waals surface area contributed by atoms with Crippen LogP contribution in [-0.4, -0.2) is 26.5 Å². The molecular weight excluding hydrogens is 294 g/mol. The SMILES string of the molecule is CC(NC(=O)c1ccc(Br)s1)c1nn[nH]n1. The first-order valence-electron chi connectivity index (χ1n) is 4.46. The summed E-state index contributed by atoms with van der Waals surface area (Å²) in [5, 5.41) is 16.2. The molecule has 0 fully saturated rings. The van der Waals surface area contributed by atoms with Crippen molar-refractivity contribution in [3.8, 4) is 0 Å². The van der Waals surface area contributed by atoms with Crippen LogP contribution in [0.3, 0.4) is 0 Å². The largest absolute Gasteiger partial charge is 0.341 e. The molecule has 6 nitrogen and oxygen atoms in total. The van der Waals surface area contributed by atoms with Crippen molar-refractivity contribution in [3.63, 3.8) is 0 Å². The monoisotopic (exact) mass is 301 g/mol. The Bertz CT molecular complexity index is 482. The Morgan fingerprint density at radius 2 is 2.44 bits per heavy atom. The van der Waals surface area contributed by atoms with E-state index in [0.717, 1.165) is 3.79 Å². The Hall–Kier alpha value is -1.28. The van der Waals surface area contributed by atoms with E-state index in [1.54, 1.807) is 13.0 Å². The Morgan fingerprint density at radius 3 is 3.00 bits per heavy atom. The van der Waals surface area contributed by atoms with E-state index >= 15 is 0 Å². The van der Waals surface area contributed by atoms with Gasteiger partial charge >= 0.3 is 0 Å². The molecule has 0 aromatic carbocycles. The summed E-state index contributed by atoms with van der Waals surface area (Å²) in [5.41, 5.74) is 0. The summed E-state index contributed by atoms with van der Waals surface area (Å²) >= 11 is 4.68. The molecule has 2 rings (SSSR count). The third-order valence-corrected chi connectivity index (χ3v) is 3.52. The Morgan fingerprint density at radius 1 is 1.62 bits per heavy atom. The van der Waals surface area contributed by atoms with Gasteiger partial charge in [0.15, 0.2) is 5.82 Å². The Balaban J connectivity index is 2.03. The highest BCUT2D eigenvalue weighted by atomic mass is 79.9. The van der Waals surface area contributed by atoms with E-state index < -0.39 is 0 Å². The van der Waals surface area contributed by atoms with E-state index in [1.165, 1.54) is 11.3 Å². The highest BCUT2D eigenvalue weighted by molar-refractivity contribution is 9.11. The van der Waals surface area contributed by atoms with Crippen molar-refractivity contribution in [3.05, 3.63) is 26.6 Å². The predicted molar refractivity (Wildman–Crippen MR) is 62.1 cm³/mol. The number of H-pyrrole nitrogens is 1. The van der Waals surface area contributed by atoms with Gasteiger partial charge in [0, 0.05) is 0 Å². The maximum atomic E-state index is 11.8. The van der Waals surface area contributed by atoms with Gasteiger partial charge in [-0.25, -0.2) is 0 Å². The lowest BCUT2D eigenvalue weighted by Crippen LogP contribution is -2.26. The minimum absolute atomic E-state index is 0.145. The molecular formula is C8H8BrN5OS. The number of halogens is 1. The van der Waals surface area contributed by atoms with Crippen LogP contribution in [0.5, 0.6) is 0 Å². The number of amides is 1. The molecule has 1 atom stereocenters. The van der Waals surface area contributed by atoms with Crippen molar-refractivity contribution in [2.24, 2.45) is 0 Å². The molecule has 2 N–H and O–H groups in total. The lowest BCUT2D eigenvalue weighted by atomic mass is 10.3. The van der Waals surface area contributed by atoms with Crippen LogP contribution in [0.1, 0.15) is 28.5 Å². The summed E-state index contributed by atoms with van der Waals surface area (Å²) in [7, 11) is 0. The average Bonchev–Trinajstić information content (AvgIpc) is 2.87. The zero-order chi connectivity index (χ0) is 11.5. The zero-order valence-corrected chi connectivity index (χ0v) is 10.7. The van der Waals surface area contributed by atoms with Gasteiger partial charge in [-0.05, 0) is 35.0 Å². The van der Waals surface area contributed by atoms with Gasteiger partial charge in [0.2, 0.25) is 0 Å². The van der Waals surface area contributed by atoms with E-state index in [9.17, 15) is 4.79 Å². The number of carbonyl (C=O) groups is 1. The van der Waals surface area contributed by atoms with Crippen molar-refractivity contribution in [2.75, 3.05) is 0 Å². The van der Waals surface area contributed by atoms with Gasteiger partial charge in [-0.1, -0.05) is 5.21 Å². The number of thiophene rings is 1. The molecule has 2 aromatic heterocycles. The van der Waals surface area contributed by atoms with E-state index in [1.807, 2.05) is 6.07 Å². The van der Waals surface area contributed by atoms with Gasteiger partial charge in [0.25, 0.3) is 5.91 Å². The second-order valence-electron chi connectivity index (χ2n) is 3.07. The topological polar surface area (TPSA) is 83.6 Å². The van der Waals surface area contributed by atoms with Crippen LogP contribution < -0.4 is 5.32 Å². The summed E-state index contributed by atoms with van der Waals surface area (Å²) < 4.78 is 0.921. The number of aromatic amines is 1. The molecule has 0 aliphatic carbocycles. The molecule has 2 heterocycles.